The molecule has 11 unspecified atom stereocenters. The summed E-state index contributed by atoms with van der Waals surface area (Å²) in [5, 5.41) is 36.2. The summed E-state index contributed by atoms with van der Waals surface area (Å²) in [5.74, 6) is -7.14. The van der Waals surface area contributed by atoms with Gasteiger partial charge in [-0.15, -0.1) is 0 Å². The zero-order valence-corrected chi connectivity index (χ0v) is 29.3. The summed E-state index contributed by atoms with van der Waals surface area (Å²) in [6.45, 7) is 22.1. The second-order valence-electron chi connectivity index (χ2n) is 14.5. The smallest absolute Gasteiger partial charge is 0.309 e. The van der Waals surface area contributed by atoms with Gasteiger partial charge >= 0.3 is 23.9 Å². The Morgan fingerprint density at radius 1 is 0.913 bits per heavy atom. The molecular formula is C35H56O11. The van der Waals surface area contributed by atoms with Crippen LogP contribution < -0.4 is 0 Å². The van der Waals surface area contributed by atoms with E-state index in [4.69, 9.17) is 18.9 Å². The molecule has 11 nitrogen and oxygen atoms in total. The van der Waals surface area contributed by atoms with E-state index in [1.54, 1.807) is 81.4 Å². The zero-order valence-electron chi connectivity index (χ0n) is 29.3. The molecule has 11 heteroatoms. The van der Waals surface area contributed by atoms with Gasteiger partial charge in [0.05, 0.1) is 29.8 Å². The number of aliphatic hydroxyl groups excluding tert-OH is 2. The van der Waals surface area contributed by atoms with Crippen LogP contribution in [0.15, 0.2) is 24.3 Å². The highest BCUT2D eigenvalue weighted by atomic mass is 16.6. The maximum absolute atomic E-state index is 13.3. The van der Waals surface area contributed by atoms with Gasteiger partial charge in [0.15, 0.2) is 12.2 Å². The molecule has 11 atom stereocenters. The Morgan fingerprint density at radius 3 is 1.91 bits per heavy atom. The minimum atomic E-state index is -1.96. The summed E-state index contributed by atoms with van der Waals surface area (Å²) < 4.78 is 23.7. The van der Waals surface area contributed by atoms with Crippen molar-refractivity contribution >= 4 is 23.9 Å². The van der Waals surface area contributed by atoms with Crippen LogP contribution in [0.2, 0.25) is 0 Å². The number of ether oxygens (including phenoxy) is 4. The minimum Gasteiger partial charge on any atom is -0.459 e. The Morgan fingerprint density at radius 2 is 1.43 bits per heavy atom. The van der Waals surface area contributed by atoms with Crippen LogP contribution in [0.1, 0.15) is 89.0 Å². The summed E-state index contributed by atoms with van der Waals surface area (Å²) in [5.41, 5.74) is -3.22. The van der Waals surface area contributed by atoms with E-state index in [-0.39, 0.29) is 12.0 Å². The van der Waals surface area contributed by atoms with Crippen molar-refractivity contribution in [1.29, 1.82) is 0 Å². The molecule has 0 radical (unpaired) electrons. The fourth-order valence-corrected chi connectivity index (χ4v) is 6.16. The highest BCUT2D eigenvalue weighted by Gasteiger charge is 2.62. The maximum Gasteiger partial charge on any atom is 0.309 e. The molecule has 0 aliphatic heterocycles. The van der Waals surface area contributed by atoms with Crippen molar-refractivity contribution < 1.29 is 53.4 Å². The van der Waals surface area contributed by atoms with Gasteiger partial charge < -0.3 is 34.3 Å². The van der Waals surface area contributed by atoms with Crippen LogP contribution in [-0.2, 0) is 38.1 Å². The number of carbonyl (C=O) groups excluding carboxylic acids is 4. The lowest BCUT2D eigenvalue weighted by atomic mass is 9.71. The average Bonchev–Trinajstić information content (AvgIpc) is 3.20. The third-order valence-corrected chi connectivity index (χ3v) is 9.39. The number of carbonyl (C=O) groups is 4. The number of hydrogen-bond donors (Lipinski definition) is 3. The van der Waals surface area contributed by atoms with Gasteiger partial charge in [-0.05, 0) is 18.8 Å². The zero-order chi connectivity index (χ0) is 35.5. The van der Waals surface area contributed by atoms with Gasteiger partial charge in [-0.2, -0.15) is 0 Å². The Bertz CT molecular complexity index is 1160. The standard InChI is InChI=1S/C35H56O11/c1-13-19(6)33(41)46-28-27(45-32(40)18(4)5)22(9)26(44-31(39)17(2)3)24-25(37)21(8)16-35(24,42)30(43-23(10)36)20(7)14-15-34(11,12)29(28)38/h14-15,17-21,24-30,37-38,42H,9,13,16H2,1-8,10-12H3. The van der Waals surface area contributed by atoms with Crippen molar-refractivity contribution in [2.75, 3.05) is 0 Å². The molecule has 0 amide bonds. The van der Waals surface area contributed by atoms with Gasteiger partial charge in [0.2, 0.25) is 0 Å². The molecule has 0 saturated heterocycles. The summed E-state index contributed by atoms with van der Waals surface area (Å²) in [6, 6.07) is 0. The molecule has 0 spiro atoms. The normalized spacial score (nSPS) is 35.4. The molecule has 0 bridgehead atoms. The first-order chi connectivity index (χ1) is 21.1. The highest BCUT2D eigenvalue weighted by molar-refractivity contribution is 5.74. The van der Waals surface area contributed by atoms with E-state index < -0.39 is 107 Å². The van der Waals surface area contributed by atoms with Crippen molar-refractivity contribution in [3.05, 3.63) is 24.3 Å². The van der Waals surface area contributed by atoms with E-state index in [2.05, 4.69) is 6.58 Å². The van der Waals surface area contributed by atoms with Crippen molar-refractivity contribution in [2.45, 2.75) is 131 Å². The third-order valence-electron chi connectivity index (χ3n) is 9.39. The first kappa shape index (κ1) is 39.4. The Labute approximate surface area is 273 Å². The summed E-state index contributed by atoms with van der Waals surface area (Å²) in [7, 11) is 0. The van der Waals surface area contributed by atoms with Crippen LogP contribution in [0.5, 0.6) is 0 Å². The first-order valence-electron chi connectivity index (χ1n) is 16.4. The molecule has 0 aromatic rings. The highest BCUT2D eigenvalue weighted by Crippen LogP contribution is 2.50. The fraction of sp³-hybridized carbons (Fsp3) is 0.771. The lowest BCUT2D eigenvalue weighted by Crippen LogP contribution is -2.59. The van der Waals surface area contributed by atoms with Crippen LogP contribution in [0.25, 0.3) is 0 Å². The fourth-order valence-electron chi connectivity index (χ4n) is 6.16. The second-order valence-corrected chi connectivity index (χ2v) is 14.5. The van der Waals surface area contributed by atoms with Crippen molar-refractivity contribution in [1.82, 2.24) is 0 Å². The third kappa shape index (κ3) is 8.58. The van der Waals surface area contributed by atoms with Crippen LogP contribution in [0, 0.1) is 40.9 Å². The molecule has 46 heavy (non-hydrogen) atoms. The quantitative estimate of drug-likeness (QED) is 0.198. The first-order valence-corrected chi connectivity index (χ1v) is 16.4. The number of hydrogen-bond acceptors (Lipinski definition) is 11. The number of rotatable bonds is 8. The molecule has 1 saturated carbocycles. The van der Waals surface area contributed by atoms with Gasteiger partial charge in [-0.3, -0.25) is 19.2 Å². The molecule has 0 aromatic carbocycles. The van der Waals surface area contributed by atoms with Gasteiger partial charge in [0.1, 0.15) is 23.9 Å². The van der Waals surface area contributed by atoms with Crippen molar-refractivity contribution in [3.8, 4) is 0 Å². The molecule has 262 valence electrons. The molecule has 2 rings (SSSR count). The van der Waals surface area contributed by atoms with Gasteiger partial charge in [-0.25, -0.2) is 0 Å². The summed E-state index contributed by atoms with van der Waals surface area (Å²) >= 11 is 0. The van der Waals surface area contributed by atoms with Crippen LogP contribution in [0.3, 0.4) is 0 Å². The molecule has 2 aliphatic carbocycles. The van der Waals surface area contributed by atoms with Crippen LogP contribution in [0.4, 0.5) is 0 Å². The Kier molecular flexibility index (Phi) is 13.2. The van der Waals surface area contributed by atoms with E-state index >= 15 is 0 Å². The number of fused-ring (bicyclic) bond motifs is 1. The van der Waals surface area contributed by atoms with Crippen LogP contribution >= 0.6 is 0 Å². The number of esters is 4. The molecule has 2 aliphatic rings. The predicted molar refractivity (Wildman–Crippen MR) is 170 cm³/mol. The maximum atomic E-state index is 13.3. The predicted octanol–water partition coefficient (Wildman–Crippen LogP) is 3.91. The Balaban J connectivity index is 3.03. The summed E-state index contributed by atoms with van der Waals surface area (Å²) in [6.07, 6.45) is -4.91. The van der Waals surface area contributed by atoms with Crippen molar-refractivity contribution in [2.24, 2.45) is 40.9 Å². The van der Waals surface area contributed by atoms with Gasteiger partial charge in [0, 0.05) is 23.8 Å². The monoisotopic (exact) mass is 652 g/mol. The number of aliphatic hydroxyl groups is 3. The summed E-state index contributed by atoms with van der Waals surface area (Å²) in [4.78, 5) is 52.2. The van der Waals surface area contributed by atoms with Crippen LogP contribution in [-0.4, -0.2) is 81.4 Å². The van der Waals surface area contributed by atoms with Gasteiger partial charge in [0.25, 0.3) is 0 Å². The van der Waals surface area contributed by atoms with E-state index in [0.717, 1.165) is 0 Å². The minimum absolute atomic E-state index is 0.0349. The largest absolute Gasteiger partial charge is 0.459 e. The Hall–Kier alpha value is -2.76. The van der Waals surface area contributed by atoms with E-state index in [1.807, 2.05) is 0 Å². The topological polar surface area (TPSA) is 166 Å². The lowest BCUT2D eigenvalue weighted by Gasteiger charge is -2.46. The molecule has 0 aromatic heterocycles. The van der Waals surface area contributed by atoms with Gasteiger partial charge in [-0.1, -0.05) is 88.0 Å². The average molecular weight is 653 g/mol. The molecular weight excluding hydrogens is 596 g/mol. The SMILES string of the molecule is C=C1C(OC(=O)C(C)C)C(OC(=O)C(C)CC)C(O)C(C)(C)C=CC(C)C(OC(C)=O)C2(O)CC(C)C(O)C2C1OC(=O)C(C)C. The molecule has 3 N–H and O–H groups in total. The molecule has 1 fully saturated rings. The lowest BCUT2D eigenvalue weighted by molar-refractivity contribution is -0.198. The van der Waals surface area contributed by atoms with E-state index in [9.17, 15) is 34.5 Å². The van der Waals surface area contributed by atoms with Crippen molar-refractivity contribution in [3.63, 3.8) is 0 Å². The van der Waals surface area contributed by atoms with E-state index in [1.165, 1.54) is 6.92 Å². The van der Waals surface area contributed by atoms with E-state index in [0.29, 0.717) is 6.42 Å². The molecule has 0 heterocycles. The second kappa shape index (κ2) is 15.4.